The highest BCUT2D eigenvalue weighted by Crippen LogP contribution is 2.31. The molecule has 2 aromatic rings. The summed E-state index contributed by atoms with van der Waals surface area (Å²) in [6, 6.07) is 11.8. The number of carbonyl (C=O) groups is 1. The predicted octanol–water partition coefficient (Wildman–Crippen LogP) is 2.85. The fourth-order valence-corrected chi connectivity index (χ4v) is 2.39. The first-order valence-electron chi connectivity index (χ1n) is 7.60. The van der Waals surface area contributed by atoms with E-state index in [4.69, 9.17) is 9.47 Å². The molecule has 0 unspecified atom stereocenters. The highest BCUT2D eigenvalue weighted by molar-refractivity contribution is 5.76. The van der Waals surface area contributed by atoms with Crippen molar-refractivity contribution in [2.75, 3.05) is 13.2 Å². The van der Waals surface area contributed by atoms with Crippen molar-refractivity contribution in [3.05, 3.63) is 59.4 Å². The Labute approximate surface area is 134 Å². The maximum atomic E-state index is 12.8. The Balaban J connectivity index is 1.48. The average molecular weight is 315 g/mol. The molecule has 1 amide bonds. The molecule has 0 fully saturated rings. The van der Waals surface area contributed by atoms with Crippen LogP contribution in [-0.2, 0) is 17.8 Å². The van der Waals surface area contributed by atoms with Gasteiger partial charge in [0.05, 0.1) is 0 Å². The zero-order valence-electron chi connectivity index (χ0n) is 12.7. The number of benzene rings is 2. The topological polar surface area (TPSA) is 47.6 Å². The highest BCUT2D eigenvalue weighted by Gasteiger charge is 2.12. The van der Waals surface area contributed by atoms with Crippen molar-refractivity contribution in [1.82, 2.24) is 5.32 Å². The molecule has 5 heteroatoms. The lowest BCUT2D eigenvalue weighted by atomic mass is 10.1. The summed E-state index contributed by atoms with van der Waals surface area (Å²) in [4.78, 5) is 11.9. The van der Waals surface area contributed by atoms with Crippen LogP contribution in [0.3, 0.4) is 0 Å². The third-order valence-corrected chi connectivity index (χ3v) is 3.65. The summed E-state index contributed by atoms with van der Waals surface area (Å²) in [5.74, 6) is 1.17. The van der Waals surface area contributed by atoms with Gasteiger partial charge >= 0.3 is 0 Å². The maximum absolute atomic E-state index is 12.8. The van der Waals surface area contributed by atoms with E-state index in [9.17, 15) is 9.18 Å². The number of carbonyl (C=O) groups excluding carboxylic acids is 1. The van der Waals surface area contributed by atoms with Gasteiger partial charge in [-0.2, -0.15) is 0 Å². The molecular formula is C18H18FNO3. The molecule has 4 nitrogen and oxygen atoms in total. The van der Waals surface area contributed by atoms with E-state index in [1.54, 1.807) is 12.1 Å². The molecule has 0 bridgehead atoms. The SMILES string of the molecule is O=C(CCc1ccc2c(c1)OCCO2)NCc1ccc(F)cc1. The smallest absolute Gasteiger partial charge is 0.220 e. The second-order valence-corrected chi connectivity index (χ2v) is 5.38. The van der Waals surface area contributed by atoms with Crippen molar-refractivity contribution in [2.24, 2.45) is 0 Å². The average Bonchev–Trinajstić information content (AvgIpc) is 2.59. The van der Waals surface area contributed by atoms with Gasteiger partial charge in [-0.15, -0.1) is 0 Å². The first kappa shape index (κ1) is 15.3. The third-order valence-electron chi connectivity index (χ3n) is 3.65. The lowest BCUT2D eigenvalue weighted by Crippen LogP contribution is -2.23. The van der Waals surface area contributed by atoms with Crippen LogP contribution in [0.4, 0.5) is 4.39 Å². The van der Waals surface area contributed by atoms with Gasteiger partial charge in [0.25, 0.3) is 0 Å². The van der Waals surface area contributed by atoms with Crippen LogP contribution < -0.4 is 14.8 Å². The number of fused-ring (bicyclic) bond motifs is 1. The first-order valence-corrected chi connectivity index (χ1v) is 7.60. The maximum Gasteiger partial charge on any atom is 0.220 e. The molecule has 0 aromatic heterocycles. The molecular weight excluding hydrogens is 297 g/mol. The number of ether oxygens (including phenoxy) is 2. The van der Waals surface area contributed by atoms with E-state index in [1.165, 1.54) is 12.1 Å². The molecule has 0 radical (unpaired) electrons. The zero-order chi connectivity index (χ0) is 16.1. The number of hydrogen-bond donors (Lipinski definition) is 1. The molecule has 0 spiro atoms. The Morgan fingerprint density at radius 1 is 1.00 bits per heavy atom. The van der Waals surface area contributed by atoms with E-state index < -0.39 is 0 Å². The lowest BCUT2D eigenvalue weighted by molar-refractivity contribution is -0.121. The summed E-state index contributed by atoms with van der Waals surface area (Å²) >= 11 is 0. The molecule has 1 heterocycles. The monoisotopic (exact) mass is 315 g/mol. The highest BCUT2D eigenvalue weighted by atomic mass is 19.1. The number of hydrogen-bond acceptors (Lipinski definition) is 3. The largest absolute Gasteiger partial charge is 0.486 e. The van der Waals surface area contributed by atoms with Gasteiger partial charge in [0.1, 0.15) is 19.0 Å². The zero-order valence-corrected chi connectivity index (χ0v) is 12.7. The van der Waals surface area contributed by atoms with E-state index in [2.05, 4.69) is 5.32 Å². The minimum absolute atomic E-state index is 0.0378. The van der Waals surface area contributed by atoms with Crippen molar-refractivity contribution in [3.63, 3.8) is 0 Å². The standard InChI is InChI=1S/C18H18FNO3/c19-15-5-1-14(2-6-15)12-20-18(21)8-4-13-3-7-16-17(11-13)23-10-9-22-16/h1-3,5-7,11H,4,8-10,12H2,(H,20,21). The molecule has 23 heavy (non-hydrogen) atoms. The summed E-state index contributed by atoms with van der Waals surface area (Å²) in [6.07, 6.45) is 1.02. The van der Waals surface area contributed by atoms with Gasteiger partial charge in [0.15, 0.2) is 11.5 Å². The fraction of sp³-hybridized carbons (Fsp3) is 0.278. The summed E-state index contributed by atoms with van der Waals surface area (Å²) in [6.45, 7) is 1.52. The van der Waals surface area contributed by atoms with Crippen LogP contribution in [0.1, 0.15) is 17.5 Å². The van der Waals surface area contributed by atoms with Crippen LogP contribution in [-0.4, -0.2) is 19.1 Å². The Bertz CT molecular complexity index is 685. The third kappa shape index (κ3) is 4.22. The number of nitrogens with one attached hydrogen (secondary N) is 1. The van der Waals surface area contributed by atoms with Crippen molar-refractivity contribution in [3.8, 4) is 11.5 Å². The molecule has 3 rings (SSSR count). The molecule has 1 N–H and O–H groups in total. The fourth-order valence-electron chi connectivity index (χ4n) is 2.39. The summed E-state index contributed by atoms with van der Waals surface area (Å²) in [5.41, 5.74) is 1.91. The van der Waals surface area contributed by atoms with Gasteiger partial charge in [-0.05, 0) is 41.8 Å². The molecule has 1 aliphatic heterocycles. The second-order valence-electron chi connectivity index (χ2n) is 5.38. The van der Waals surface area contributed by atoms with Crippen LogP contribution in [0.25, 0.3) is 0 Å². The van der Waals surface area contributed by atoms with E-state index in [1.807, 2.05) is 18.2 Å². The number of amides is 1. The number of rotatable bonds is 5. The summed E-state index contributed by atoms with van der Waals surface area (Å²) in [5, 5.41) is 2.83. The van der Waals surface area contributed by atoms with Gasteiger partial charge in [-0.1, -0.05) is 18.2 Å². The summed E-state index contributed by atoms with van der Waals surface area (Å²) in [7, 11) is 0. The Kier molecular flexibility index (Phi) is 4.76. The normalized spacial score (nSPS) is 12.7. The molecule has 2 aromatic carbocycles. The van der Waals surface area contributed by atoms with Crippen molar-refractivity contribution in [2.45, 2.75) is 19.4 Å². The Morgan fingerprint density at radius 3 is 2.48 bits per heavy atom. The Morgan fingerprint density at radius 2 is 1.70 bits per heavy atom. The first-order chi connectivity index (χ1) is 11.2. The van der Waals surface area contributed by atoms with Gasteiger partial charge in [0.2, 0.25) is 5.91 Å². The number of aryl methyl sites for hydroxylation is 1. The van der Waals surface area contributed by atoms with Crippen LogP contribution in [0.2, 0.25) is 0 Å². The quantitative estimate of drug-likeness (QED) is 0.923. The van der Waals surface area contributed by atoms with Crippen LogP contribution in [0, 0.1) is 5.82 Å². The predicted molar refractivity (Wildman–Crippen MR) is 84.0 cm³/mol. The molecule has 0 atom stereocenters. The lowest BCUT2D eigenvalue weighted by Gasteiger charge is -2.18. The number of halogens is 1. The van der Waals surface area contributed by atoms with Crippen LogP contribution >= 0.6 is 0 Å². The molecule has 1 aliphatic rings. The van der Waals surface area contributed by atoms with Crippen LogP contribution in [0.15, 0.2) is 42.5 Å². The van der Waals surface area contributed by atoms with Gasteiger partial charge in [-0.25, -0.2) is 4.39 Å². The van der Waals surface area contributed by atoms with Crippen molar-refractivity contribution in [1.29, 1.82) is 0 Å². The molecule has 120 valence electrons. The van der Waals surface area contributed by atoms with E-state index in [-0.39, 0.29) is 11.7 Å². The molecule has 0 saturated heterocycles. The van der Waals surface area contributed by atoms with Gasteiger partial charge in [-0.3, -0.25) is 4.79 Å². The van der Waals surface area contributed by atoms with E-state index in [0.717, 1.165) is 22.6 Å². The van der Waals surface area contributed by atoms with Crippen molar-refractivity contribution < 1.29 is 18.7 Å². The van der Waals surface area contributed by atoms with Gasteiger partial charge in [0, 0.05) is 13.0 Å². The Hall–Kier alpha value is -2.56. The van der Waals surface area contributed by atoms with Gasteiger partial charge < -0.3 is 14.8 Å². The summed E-state index contributed by atoms with van der Waals surface area (Å²) < 4.78 is 23.8. The van der Waals surface area contributed by atoms with E-state index in [0.29, 0.717) is 32.6 Å². The molecule has 0 saturated carbocycles. The molecule has 0 aliphatic carbocycles. The van der Waals surface area contributed by atoms with Crippen LogP contribution in [0.5, 0.6) is 11.5 Å². The minimum Gasteiger partial charge on any atom is -0.486 e. The van der Waals surface area contributed by atoms with Crippen molar-refractivity contribution >= 4 is 5.91 Å². The van der Waals surface area contributed by atoms with E-state index >= 15 is 0 Å². The second kappa shape index (κ2) is 7.13. The minimum atomic E-state index is -0.279.